The van der Waals surface area contributed by atoms with Gasteiger partial charge in [0, 0.05) is 12.1 Å². The van der Waals surface area contributed by atoms with Crippen LogP contribution in [0.4, 0.5) is 0 Å². The highest BCUT2D eigenvalue weighted by Crippen LogP contribution is 2.32. The Bertz CT molecular complexity index is 438. The van der Waals surface area contributed by atoms with Gasteiger partial charge in [-0.3, -0.25) is 0 Å². The molecule has 1 atom stereocenters. The molecule has 0 bridgehead atoms. The number of nitrogens with one attached hydrogen (secondary N) is 1. The van der Waals surface area contributed by atoms with Crippen LogP contribution in [-0.4, -0.2) is 18.2 Å². The largest absolute Gasteiger partial charge is 0.489 e. The molecule has 0 heterocycles. The minimum atomic E-state index is 0.0974. The first kappa shape index (κ1) is 17.0. The summed E-state index contributed by atoms with van der Waals surface area (Å²) in [5, 5.41) is 3.49. The minimum absolute atomic E-state index is 0.0974. The van der Waals surface area contributed by atoms with Crippen molar-refractivity contribution >= 4 is 0 Å². The van der Waals surface area contributed by atoms with Crippen LogP contribution in [0.15, 0.2) is 18.2 Å². The minimum Gasteiger partial charge on any atom is -0.489 e. The van der Waals surface area contributed by atoms with Crippen LogP contribution in [0.5, 0.6) is 5.75 Å². The highest BCUT2D eigenvalue weighted by atomic mass is 16.5. The van der Waals surface area contributed by atoms with E-state index < -0.39 is 0 Å². The first-order chi connectivity index (χ1) is 8.99. The van der Waals surface area contributed by atoms with Crippen LogP contribution in [0, 0.1) is 6.92 Å². The zero-order chi connectivity index (χ0) is 15.6. The lowest BCUT2D eigenvalue weighted by Crippen LogP contribution is -2.41. The van der Waals surface area contributed by atoms with Gasteiger partial charge in [-0.25, -0.2) is 0 Å². The summed E-state index contributed by atoms with van der Waals surface area (Å²) in [5.41, 5.74) is 2.73. The normalized spacial score (nSPS) is 14.2. The van der Waals surface area contributed by atoms with E-state index in [-0.39, 0.29) is 17.1 Å². The first-order valence-corrected chi connectivity index (χ1v) is 7.52. The van der Waals surface area contributed by atoms with Gasteiger partial charge in [-0.2, -0.15) is 0 Å². The van der Waals surface area contributed by atoms with Crippen LogP contribution in [0.2, 0.25) is 0 Å². The van der Waals surface area contributed by atoms with Crippen molar-refractivity contribution in [3.05, 3.63) is 29.3 Å². The second kappa shape index (κ2) is 6.17. The van der Waals surface area contributed by atoms with Crippen molar-refractivity contribution in [1.29, 1.82) is 0 Å². The molecule has 0 radical (unpaired) electrons. The summed E-state index contributed by atoms with van der Waals surface area (Å²) >= 11 is 0. The first-order valence-electron chi connectivity index (χ1n) is 7.52. The predicted molar refractivity (Wildman–Crippen MR) is 87.7 cm³/mol. The molecule has 1 N–H and O–H groups in total. The molecular weight excluding hydrogens is 246 g/mol. The van der Waals surface area contributed by atoms with E-state index in [2.05, 4.69) is 78.9 Å². The molecule has 0 aliphatic heterocycles. The smallest absolute Gasteiger partial charge is 0.123 e. The van der Waals surface area contributed by atoms with Gasteiger partial charge < -0.3 is 10.1 Å². The number of benzene rings is 1. The molecule has 0 aromatic heterocycles. The van der Waals surface area contributed by atoms with Crippen molar-refractivity contribution < 1.29 is 4.74 Å². The maximum Gasteiger partial charge on any atom is 0.123 e. The Morgan fingerprint density at radius 3 is 2.20 bits per heavy atom. The zero-order valence-electron chi connectivity index (χ0n) is 14.4. The van der Waals surface area contributed by atoms with Crippen molar-refractivity contribution in [1.82, 2.24) is 5.32 Å². The van der Waals surface area contributed by atoms with E-state index >= 15 is 0 Å². The predicted octanol–water partition coefficient (Wildman–Crippen LogP) is 4.45. The Kier molecular flexibility index (Phi) is 5.26. The quantitative estimate of drug-likeness (QED) is 0.878. The van der Waals surface area contributed by atoms with Gasteiger partial charge in [-0.1, -0.05) is 32.9 Å². The van der Waals surface area contributed by atoms with Crippen LogP contribution in [0.25, 0.3) is 0 Å². The van der Waals surface area contributed by atoms with Gasteiger partial charge in [0.05, 0.1) is 0 Å². The van der Waals surface area contributed by atoms with E-state index in [0.29, 0.717) is 0 Å². The van der Waals surface area contributed by atoms with Crippen molar-refractivity contribution in [2.75, 3.05) is 6.54 Å². The number of hydrogen-bond donors (Lipinski definition) is 1. The molecule has 1 unspecified atom stereocenters. The highest BCUT2D eigenvalue weighted by molar-refractivity contribution is 5.41. The van der Waals surface area contributed by atoms with Gasteiger partial charge in [0.25, 0.3) is 0 Å². The monoisotopic (exact) mass is 277 g/mol. The number of ether oxygens (including phenoxy) is 1. The molecule has 2 heteroatoms. The molecule has 1 aromatic rings. The van der Waals surface area contributed by atoms with E-state index in [4.69, 9.17) is 4.74 Å². The summed E-state index contributed by atoms with van der Waals surface area (Å²) in [6.07, 6.45) is 0.150. The summed E-state index contributed by atoms with van der Waals surface area (Å²) in [7, 11) is 0. The maximum absolute atomic E-state index is 6.19. The molecule has 0 fully saturated rings. The lowest BCUT2D eigenvalue weighted by molar-refractivity contribution is 0.199. The molecule has 0 aliphatic rings. The Morgan fingerprint density at radius 1 is 1.10 bits per heavy atom. The van der Waals surface area contributed by atoms with Crippen molar-refractivity contribution in [3.63, 3.8) is 0 Å². The summed E-state index contributed by atoms with van der Waals surface area (Å²) < 4.78 is 6.19. The molecule has 2 nitrogen and oxygen atoms in total. The molecule has 0 spiro atoms. The van der Waals surface area contributed by atoms with Gasteiger partial charge in [-0.15, -0.1) is 0 Å². The Hall–Kier alpha value is -1.02. The average Bonchev–Trinajstić information content (AvgIpc) is 2.23. The Balaban J connectivity index is 2.83. The summed E-state index contributed by atoms with van der Waals surface area (Å²) in [5.74, 6) is 1.01. The summed E-state index contributed by atoms with van der Waals surface area (Å²) in [6.45, 7) is 18.3. The zero-order valence-corrected chi connectivity index (χ0v) is 14.4. The molecule has 0 saturated heterocycles. The summed E-state index contributed by atoms with van der Waals surface area (Å²) in [4.78, 5) is 0. The van der Waals surface area contributed by atoms with E-state index in [1.54, 1.807) is 0 Å². The Morgan fingerprint density at radius 2 is 1.70 bits per heavy atom. The lowest BCUT2D eigenvalue weighted by atomic mass is 9.86. The van der Waals surface area contributed by atoms with Crippen molar-refractivity contribution in [3.8, 4) is 5.75 Å². The van der Waals surface area contributed by atoms with Crippen molar-refractivity contribution in [2.24, 2.45) is 0 Å². The van der Waals surface area contributed by atoms with Crippen LogP contribution < -0.4 is 10.1 Å². The van der Waals surface area contributed by atoms with Gasteiger partial charge >= 0.3 is 0 Å². The second-order valence-corrected chi connectivity index (χ2v) is 7.81. The van der Waals surface area contributed by atoms with E-state index in [1.165, 1.54) is 11.1 Å². The molecule has 0 amide bonds. The van der Waals surface area contributed by atoms with Gasteiger partial charge in [-0.05, 0) is 57.2 Å². The van der Waals surface area contributed by atoms with E-state index in [9.17, 15) is 0 Å². The van der Waals surface area contributed by atoms with E-state index in [1.807, 2.05) is 0 Å². The number of aryl methyl sites for hydroxylation is 1. The fourth-order valence-electron chi connectivity index (χ4n) is 2.05. The molecule has 0 saturated carbocycles. The number of rotatable bonds is 4. The van der Waals surface area contributed by atoms with Crippen LogP contribution >= 0.6 is 0 Å². The van der Waals surface area contributed by atoms with Crippen molar-refractivity contribution in [2.45, 2.75) is 72.4 Å². The third-order valence-electron chi connectivity index (χ3n) is 3.19. The molecule has 20 heavy (non-hydrogen) atoms. The fourth-order valence-corrected chi connectivity index (χ4v) is 2.05. The topological polar surface area (TPSA) is 21.3 Å². The van der Waals surface area contributed by atoms with Gasteiger partial charge in [0.2, 0.25) is 0 Å². The second-order valence-electron chi connectivity index (χ2n) is 7.81. The lowest BCUT2D eigenvalue weighted by Gasteiger charge is -2.27. The van der Waals surface area contributed by atoms with E-state index in [0.717, 1.165) is 12.3 Å². The third-order valence-corrected chi connectivity index (χ3v) is 3.19. The SMILES string of the molecule is Cc1ccc(C(C)(C)C)c(OC(C)CNC(C)(C)C)c1. The molecule has 1 aromatic carbocycles. The highest BCUT2D eigenvalue weighted by Gasteiger charge is 2.20. The Labute approximate surface area is 124 Å². The third kappa shape index (κ3) is 5.54. The number of hydrogen-bond acceptors (Lipinski definition) is 2. The summed E-state index contributed by atoms with van der Waals surface area (Å²) in [6, 6.07) is 6.49. The standard InChI is InChI=1S/C18H31NO/c1-13-9-10-15(17(3,4)5)16(11-13)20-14(2)12-19-18(6,7)8/h9-11,14,19H,12H2,1-8H3. The van der Waals surface area contributed by atoms with Crippen LogP contribution in [0.3, 0.4) is 0 Å². The maximum atomic E-state index is 6.19. The molecular formula is C18H31NO. The fraction of sp³-hybridized carbons (Fsp3) is 0.667. The van der Waals surface area contributed by atoms with Gasteiger partial charge in [0.1, 0.15) is 11.9 Å². The van der Waals surface area contributed by atoms with Gasteiger partial charge in [0.15, 0.2) is 0 Å². The van der Waals surface area contributed by atoms with Crippen LogP contribution in [-0.2, 0) is 5.41 Å². The molecule has 114 valence electrons. The van der Waals surface area contributed by atoms with Crippen LogP contribution in [0.1, 0.15) is 59.6 Å². The molecule has 1 rings (SSSR count). The molecule has 0 aliphatic carbocycles. The average molecular weight is 277 g/mol.